The number of ether oxygens (including phenoxy) is 2. The monoisotopic (exact) mass is 275 g/mol. The molecule has 0 bridgehead atoms. The van der Waals surface area contributed by atoms with Crippen LogP contribution in [0.5, 0.6) is 11.5 Å². The molecule has 0 saturated carbocycles. The number of aromatic nitrogens is 2. The van der Waals surface area contributed by atoms with Gasteiger partial charge in [0.05, 0.1) is 14.2 Å². The van der Waals surface area contributed by atoms with Crippen molar-refractivity contribution in [3.8, 4) is 11.5 Å². The number of nitrogens with one attached hydrogen (secondary N) is 2. The van der Waals surface area contributed by atoms with Crippen LogP contribution in [0.2, 0.25) is 0 Å². The maximum Gasteiger partial charge on any atom is 0.145 e. The van der Waals surface area contributed by atoms with Crippen LogP contribution < -0.4 is 26.1 Å². The molecule has 7 heteroatoms. The van der Waals surface area contributed by atoms with Gasteiger partial charge in [-0.3, -0.25) is 0 Å². The smallest absolute Gasteiger partial charge is 0.145 e. The Hall–Kier alpha value is -2.54. The number of nitrogens with zero attached hydrogens (tertiary/aromatic N) is 2. The number of nitrogen functional groups attached to an aromatic ring is 1. The van der Waals surface area contributed by atoms with Gasteiger partial charge in [-0.1, -0.05) is 0 Å². The summed E-state index contributed by atoms with van der Waals surface area (Å²) in [6.07, 6.45) is 1.43. The Balaban J connectivity index is 2.10. The zero-order valence-electron chi connectivity index (χ0n) is 11.4. The molecule has 2 aromatic rings. The molecular weight excluding hydrogens is 258 g/mol. The highest BCUT2D eigenvalue weighted by molar-refractivity contribution is 5.48. The van der Waals surface area contributed by atoms with E-state index in [1.165, 1.54) is 6.33 Å². The second-order valence-electron chi connectivity index (χ2n) is 3.96. The summed E-state index contributed by atoms with van der Waals surface area (Å²) in [6.45, 7) is 0.564. The van der Waals surface area contributed by atoms with Crippen LogP contribution in [0.4, 0.5) is 11.6 Å². The Labute approximate surface area is 117 Å². The van der Waals surface area contributed by atoms with Crippen molar-refractivity contribution in [2.45, 2.75) is 6.54 Å². The number of nitrogens with two attached hydrogens (primary N) is 1. The minimum atomic E-state index is 0.546. The SMILES string of the molecule is COc1ccc(CNc2cc(NN)ncn2)c(OC)c1. The quantitative estimate of drug-likeness (QED) is 0.541. The lowest BCUT2D eigenvalue weighted by atomic mass is 10.2. The number of rotatable bonds is 6. The molecule has 0 radical (unpaired) electrons. The Bertz CT molecular complexity index is 576. The molecule has 1 aromatic heterocycles. The predicted molar refractivity (Wildman–Crippen MR) is 76.7 cm³/mol. The highest BCUT2D eigenvalue weighted by Gasteiger charge is 2.05. The lowest BCUT2D eigenvalue weighted by Gasteiger charge is -2.11. The van der Waals surface area contributed by atoms with Crippen LogP contribution in [0.15, 0.2) is 30.6 Å². The van der Waals surface area contributed by atoms with Crippen LogP contribution in [0.25, 0.3) is 0 Å². The average Bonchev–Trinajstić information content (AvgIpc) is 2.52. The topological polar surface area (TPSA) is 94.3 Å². The van der Waals surface area contributed by atoms with Crippen LogP contribution in [0.3, 0.4) is 0 Å². The normalized spacial score (nSPS) is 9.95. The van der Waals surface area contributed by atoms with Crippen molar-refractivity contribution < 1.29 is 9.47 Å². The van der Waals surface area contributed by atoms with Crippen LogP contribution >= 0.6 is 0 Å². The van der Waals surface area contributed by atoms with E-state index in [1.54, 1.807) is 20.3 Å². The third kappa shape index (κ3) is 3.27. The van der Waals surface area contributed by atoms with Gasteiger partial charge in [0.2, 0.25) is 0 Å². The molecule has 0 aliphatic carbocycles. The molecule has 7 nitrogen and oxygen atoms in total. The van der Waals surface area contributed by atoms with Gasteiger partial charge in [-0.25, -0.2) is 15.8 Å². The molecule has 0 aliphatic rings. The highest BCUT2D eigenvalue weighted by atomic mass is 16.5. The summed E-state index contributed by atoms with van der Waals surface area (Å²) in [7, 11) is 3.24. The zero-order valence-corrected chi connectivity index (χ0v) is 11.4. The van der Waals surface area contributed by atoms with Gasteiger partial charge < -0.3 is 20.2 Å². The van der Waals surface area contributed by atoms with Gasteiger partial charge >= 0.3 is 0 Å². The summed E-state index contributed by atoms with van der Waals surface area (Å²) in [4.78, 5) is 8.05. The summed E-state index contributed by atoms with van der Waals surface area (Å²) in [5.41, 5.74) is 3.47. The Morgan fingerprint density at radius 2 is 1.90 bits per heavy atom. The molecule has 0 amide bonds. The second kappa shape index (κ2) is 6.58. The largest absolute Gasteiger partial charge is 0.497 e. The van der Waals surface area contributed by atoms with E-state index in [4.69, 9.17) is 15.3 Å². The molecule has 0 saturated heterocycles. The van der Waals surface area contributed by atoms with Crippen molar-refractivity contribution in [1.82, 2.24) is 9.97 Å². The van der Waals surface area contributed by atoms with Crippen molar-refractivity contribution in [3.05, 3.63) is 36.2 Å². The van der Waals surface area contributed by atoms with Gasteiger partial charge in [-0.2, -0.15) is 0 Å². The number of methoxy groups -OCH3 is 2. The van der Waals surface area contributed by atoms with E-state index in [1.807, 2.05) is 18.2 Å². The minimum Gasteiger partial charge on any atom is -0.497 e. The molecule has 0 aliphatic heterocycles. The number of hydrogen-bond donors (Lipinski definition) is 3. The fourth-order valence-corrected chi connectivity index (χ4v) is 1.72. The Morgan fingerprint density at radius 1 is 1.10 bits per heavy atom. The van der Waals surface area contributed by atoms with Gasteiger partial charge in [-0.15, -0.1) is 0 Å². The molecule has 20 heavy (non-hydrogen) atoms. The second-order valence-corrected chi connectivity index (χ2v) is 3.96. The van der Waals surface area contributed by atoms with E-state index in [-0.39, 0.29) is 0 Å². The molecule has 1 heterocycles. The first-order chi connectivity index (χ1) is 9.76. The van der Waals surface area contributed by atoms with Crippen molar-refractivity contribution >= 4 is 11.6 Å². The lowest BCUT2D eigenvalue weighted by molar-refractivity contribution is 0.391. The third-order valence-corrected chi connectivity index (χ3v) is 2.77. The van der Waals surface area contributed by atoms with Crippen molar-refractivity contribution in [2.24, 2.45) is 5.84 Å². The summed E-state index contributed by atoms with van der Waals surface area (Å²) in [5.74, 6) is 8.02. The maximum absolute atomic E-state index is 5.34. The fourth-order valence-electron chi connectivity index (χ4n) is 1.72. The van der Waals surface area contributed by atoms with Crippen LogP contribution in [0.1, 0.15) is 5.56 Å². The fraction of sp³-hybridized carbons (Fsp3) is 0.231. The first-order valence-corrected chi connectivity index (χ1v) is 6.00. The summed E-state index contributed by atoms with van der Waals surface area (Å²) >= 11 is 0. The number of hydrazine groups is 1. The molecule has 0 atom stereocenters. The van der Waals surface area contributed by atoms with Gasteiger partial charge in [0.1, 0.15) is 29.5 Å². The van der Waals surface area contributed by atoms with Crippen LogP contribution in [0, 0.1) is 0 Å². The lowest BCUT2D eigenvalue weighted by Crippen LogP contribution is -2.10. The van der Waals surface area contributed by atoms with Crippen molar-refractivity contribution in [1.29, 1.82) is 0 Å². The molecule has 0 unspecified atom stereocenters. The molecule has 2 rings (SSSR count). The number of benzene rings is 1. The average molecular weight is 275 g/mol. The van der Waals surface area contributed by atoms with Gasteiger partial charge in [-0.05, 0) is 12.1 Å². The molecular formula is C13H17N5O2. The van der Waals surface area contributed by atoms with E-state index < -0.39 is 0 Å². The van der Waals surface area contributed by atoms with E-state index in [0.29, 0.717) is 18.2 Å². The van der Waals surface area contributed by atoms with E-state index in [2.05, 4.69) is 20.7 Å². The van der Waals surface area contributed by atoms with Crippen LogP contribution in [-0.4, -0.2) is 24.2 Å². The van der Waals surface area contributed by atoms with Crippen molar-refractivity contribution in [2.75, 3.05) is 25.0 Å². The molecule has 0 spiro atoms. The first-order valence-electron chi connectivity index (χ1n) is 6.00. The minimum absolute atomic E-state index is 0.546. The van der Waals surface area contributed by atoms with E-state index in [9.17, 15) is 0 Å². The van der Waals surface area contributed by atoms with E-state index in [0.717, 1.165) is 17.1 Å². The molecule has 1 aromatic carbocycles. The maximum atomic E-state index is 5.34. The standard InChI is InChI=1S/C13H17N5O2/c1-19-10-4-3-9(11(5-10)20-2)7-15-12-6-13(18-14)17-8-16-12/h3-6,8H,7,14H2,1-2H3,(H2,15,16,17,18). The Kier molecular flexibility index (Phi) is 4.56. The number of anilines is 2. The zero-order chi connectivity index (χ0) is 14.4. The Morgan fingerprint density at radius 3 is 2.60 bits per heavy atom. The van der Waals surface area contributed by atoms with Crippen LogP contribution in [-0.2, 0) is 6.54 Å². The van der Waals surface area contributed by atoms with E-state index >= 15 is 0 Å². The van der Waals surface area contributed by atoms with Gasteiger partial charge in [0, 0.05) is 24.2 Å². The molecule has 106 valence electrons. The molecule has 4 N–H and O–H groups in total. The van der Waals surface area contributed by atoms with Gasteiger partial charge in [0.25, 0.3) is 0 Å². The van der Waals surface area contributed by atoms with Crippen molar-refractivity contribution in [3.63, 3.8) is 0 Å². The number of hydrogen-bond acceptors (Lipinski definition) is 7. The summed E-state index contributed by atoms with van der Waals surface area (Å²) in [6, 6.07) is 7.38. The highest BCUT2D eigenvalue weighted by Crippen LogP contribution is 2.25. The summed E-state index contributed by atoms with van der Waals surface area (Å²) < 4.78 is 10.5. The predicted octanol–water partition coefficient (Wildman–Crippen LogP) is 1.39. The molecule has 0 fully saturated rings. The third-order valence-electron chi connectivity index (χ3n) is 2.77. The summed E-state index contributed by atoms with van der Waals surface area (Å²) in [5, 5.41) is 3.18. The first kappa shape index (κ1) is 13.9. The van der Waals surface area contributed by atoms with Gasteiger partial charge in [0.15, 0.2) is 0 Å².